The van der Waals surface area contributed by atoms with Crippen LogP contribution in [0, 0.1) is 6.92 Å². The summed E-state index contributed by atoms with van der Waals surface area (Å²) in [6, 6.07) is 13.2. The van der Waals surface area contributed by atoms with Crippen LogP contribution in [0.5, 0.6) is 5.75 Å². The van der Waals surface area contributed by atoms with E-state index in [0.717, 1.165) is 11.4 Å². The molecule has 0 radical (unpaired) electrons. The lowest BCUT2D eigenvalue weighted by molar-refractivity contribution is 0.0773. The van der Waals surface area contributed by atoms with Gasteiger partial charge in [-0.25, -0.2) is 0 Å². The summed E-state index contributed by atoms with van der Waals surface area (Å²) in [5, 5.41) is 0. The molecule has 0 saturated carbocycles. The first-order valence-electron chi connectivity index (χ1n) is 6.53. The Kier molecular flexibility index (Phi) is 4.71. The summed E-state index contributed by atoms with van der Waals surface area (Å²) in [6.45, 7) is 2.89. The highest BCUT2D eigenvalue weighted by atomic mass is 16.5. The predicted molar refractivity (Wildman–Crippen MR) is 77.9 cm³/mol. The molecule has 0 bridgehead atoms. The Morgan fingerprint density at radius 3 is 2.60 bits per heavy atom. The smallest absolute Gasteiger partial charge is 0.255 e. The Morgan fingerprint density at radius 1 is 1.20 bits per heavy atom. The van der Waals surface area contributed by atoms with Gasteiger partial charge < -0.3 is 9.64 Å². The standard InChI is InChI=1S/C16H18N2O2/c1-13-8-9-14(12-17-13)16(19)18(2)10-11-20-15-6-4-3-5-7-15/h3-9,12H,10-11H2,1-2H3. The van der Waals surface area contributed by atoms with E-state index in [1.54, 1.807) is 24.2 Å². The number of carbonyl (C=O) groups excluding carboxylic acids is 1. The number of rotatable bonds is 5. The van der Waals surface area contributed by atoms with Gasteiger partial charge in [-0.15, -0.1) is 0 Å². The van der Waals surface area contributed by atoms with E-state index in [1.165, 1.54) is 0 Å². The van der Waals surface area contributed by atoms with Gasteiger partial charge in [0.05, 0.1) is 12.1 Å². The van der Waals surface area contributed by atoms with Gasteiger partial charge >= 0.3 is 0 Å². The first-order chi connectivity index (χ1) is 9.66. The summed E-state index contributed by atoms with van der Waals surface area (Å²) in [5.41, 5.74) is 1.49. The molecule has 1 amide bonds. The molecule has 1 heterocycles. The fourth-order valence-electron chi connectivity index (χ4n) is 1.73. The maximum atomic E-state index is 12.1. The second kappa shape index (κ2) is 6.70. The predicted octanol–water partition coefficient (Wildman–Crippen LogP) is 2.54. The molecule has 1 aromatic carbocycles. The number of hydrogen-bond acceptors (Lipinski definition) is 3. The average molecular weight is 270 g/mol. The van der Waals surface area contributed by atoms with Crippen molar-refractivity contribution >= 4 is 5.91 Å². The Bertz CT molecular complexity index is 552. The Hall–Kier alpha value is -2.36. The topological polar surface area (TPSA) is 42.4 Å². The van der Waals surface area contributed by atoms with Gasteiger partial charge in [0.2, 0.25) is 0 Å². The van der Waals surface area contributed by atoms with E-state index in [1.807, 2.05) is 43.3 Å². The largest absolute Gasteiger partial charge is 0.492 e. The molecule has 0 saturated heterocycles. The van der Waals surface area contributed by atoms with Crippen LogP contribution >= 0.6 is 0 Å². The summed E-state index contributed by atoms with van der Waals surface area (Å²) in [6.07, 6.45) is 1.60. The normalized spacial score (nSPS) is 10.1. The summed E-state index contributed by atoms with van der Waals surface area (Å²) < 4.78 is 5.57. The van der Waals surface area contributed by atoms with Crippen LogP contribution in [0.3, 0.4) is 0 Å². The molecular formula is C16H18N2O2. The lowest BCUT2D eigenvalue weighted by atomic mass is 10.2. The third kappa shape index (κ3) is 3.82. The van der Waals surface area contributed by atoms with E-state index in [-0.39, 0.29) is 5.91 Å². The van der Waals surface area contributed by atoms with E-state index in [9.17, 15) is 4.79 Å². The highest BCUT2D eigenvalue weighted by Gasteiger charge is 2.11. The summed E-state index contributed by atoms with van der Waals surface area (Å²) in [4.78, 5) is 17.9. The van der Waals surface area contributed by atoms with Crippen LogP contribution in [-0.4, -0.2) is 36.0 Å². The molecule has 0 aliphatic heterocycles. The zero-order chi connectivity index (χ0) is 14.4. The van der Waals surface area contributed by atoms with Crippen molar-refractivity contribution in [3.05, 3.63) is 59.9 Å². The summed E-state index contributed by atoms with van der Waals surface area (Å²) >= 11 is 0. The van der Waals surface area contributed by atoms with E-state index in [2.05, 4.69) is 4.98 Å². The van der Waals surface area contributed by atoms with Gasteiger partial charge in [-0.1, -0.05) is 18.2 Å². The Balaban J connectivity index is 1.84. The van der Waals surface area contributed by atoms with Crippen molar-refractivity contribution in [3.8, 4) is 5.75 Å². The second-order valence-corrected chi connectivity index (χ2v) is 4.58. The number of ether oxygens (including phenoxy) is 1. The number of aromatic nitrogens is 1. The van der Waals surface area contributed by atoms with Gasteiger partial charge in [0.15, 0.2) is 0 Å². The van der Waals surface area contributed by atoms with Crippen LogP contribution in [0.25, 0.3) is 0 Å². The molecule has 2 aromatic rings. The number of para-hydroxylation sites is 1. The van der Waals surface area contributed by atoms with Crippen molar-refractivity contribution in [2.75, 3.05) is 20.2 Å². The third-order valence-corrected chi connectivity index (χ3v) is 2.94. The molecule has 0 N–H and O–H groups in total. The summed E-state index contributed by atoms with van der Waals surface area (Å²) in [5.74, 6) is 0.763. The van der Waals surface area contributed by atoms with Gasteiger partial charge in [0.25, 0.3) is 5.91 Å². The Morgan fingerprint density at radius 2 is 1.95 bits per heavy atom. The van der Waals surface area contributed by atoms with Crippen molar-refractivity contribution in [2.45, 2.75) is 6.92 Å². The van der Waals surface area contributed by atoms with E-state index >= 15 is 0 Å². The van der Waals surface area contributed by atoms with Crippen molar-refractivity contribution in [1.82, 2.24) is 9.88 Å². The van der Waals surface area contributed by atoms with E-state index < -0.39 is 0 Å². The number of benzene rings is 1. The second-order valence-electron chi connectivity index (χ2n) is 4.58. The zero-order valence-electron chi connectivity index (χ0n) is 11.7. The van der Waals surface area contributed by atoms with Gasteiger partial charge in [0, 0.05) is 18.9 Å². The lowest BCUT2D eigenvalue weighted by Crippen LogP contribution is -2.30. The zero-order valence-corrected chi connectivity index (χ0v) is 11.7. The number of hydrogen-bond donors (Lipinski definition) is 0. The highest BCUT2D eigenvalue weighted by Crippen LogP contribution is 2.08. The van der Waals surface area contributed by atoms with Gasteiger partial charge in [0.1, 0.15) is 12.4 Å². The summed E-state index contributed by atoms with van der Waals surface area (Å²) in [7, 11) is 1.76. The maximum Gasteiger partial charge on any atom is 0.255 e. The fraction of sp³-hybridized carbons (Fsp3) is 0.250. The number of aryl methyl sites for hydroxylation is 1. The molecular weight excluding hydrogens is 252 g/mol. The SMILES string of the molecule is Cc1ccc(C(=O)N(C)CCOc2ccccc2)cn1. The Labute approximate surface area is 119 Å². The van der Waals surface area contributed by atoms with Crippen LogP contribution in [0.2, 0.25) is 0 Å². The minimum absolute atomic E-state index is 0.0471. The molecule has 20 heavy (non-hydrogen) atoms. The van der Waals surface area contributed by atoms with Gasteiger partial charge in [-0.05, 0) is 31.2 Å². The van der Waals surface area contributed by atoms with Crippen LogP contribution in [0.1, 0.15) is 16.1 Å². The van der Waals surface area contributed by atoms with Crippen LogP contribution in [-0.2, 0) is 0 Å². The van der Waals surface area contributed by atoms with Crippen molar-refractivity contribution < 1.29 is 9.53 Å². The van der Waals surface area contributed by atoms with Crippen molar-refractivity contribution in [1.29, 1.82) is 0 Å². The lowest BCUT2D eigenvalue weighted by Gasteiger charge is -2.17. The first-order valence-corrected chi connectivity index (χ1v) is 6.53. The molecule has 4 heteroatoms. The third-order valence-electron chi connectivity index (χ3n) is 2.94. The number of nitrogens with zero attached hydrogens (tertiary/aromatic N) is 2. The van der Waals surface area contributed by atoms with Gasteiger partial charge in [-0.3, -0.25) is 9.78 Å². The number of carbonyl (C=O) groups is 1. The maximum absolute atomic E-state index is 12.1. The van der Waals surface area contributed by atoms with Crippen LogP contribution < -0.4 is 4.74 Å². The molecule has 0 aliphatic carbocycles. The molecule has 0 fully saturated rings. The average Bonchev–Trinajstić information content (AvgIpc) is 2.48. The molecule has 0 aliphatic rings. The molecule has 0 atom stereocenters. The molecule has 4 nitrogen and oxygen atoms in total. The first kappa shape index (κ1) is 14.1. The molecule has 0 unspecified atom stereocenters. The highest BCUT2D eigenvalue weighted by molar-refractivity contribution is 5.93. The number of amides is 1. The monoisotopic (exact) mass is 270 g/mol. The fourth-order valence-corrected chi connectivity index (χ4v) is 1.73. The van der Waals surface area contributed by atoms with E-state index in [4.69, 9.17) is 4.74 Å². The van der Waals surface area contributed by atoms with Crippen molar-refractivity contribution in [3.63, 3.8) is 0 Å². The number of likely N-dealkylation sites (N-methyl/N-ethyl adjacent to an activating group) is 1. The van der Waals surface area contributed by atoms with Crippen LogP contribution in [0.4, 0.5) is 0 Å². The minimum atomic E-state index is -0.0471. The molecule has 0 spiro atoms. The van der Waals surface area contributed by atoms with E-state index in [0.29, 0.717) is 18.7 Å². The minimum Gasteiger partial charge on any atom is -0.492 e. The van der Waals surface area contributed by atoms with Crippen molar-refractivity contribution in [2.24, 2.45) is 0 Å². The van der Waals surface area contributed by atoms with Gasteiger partial charge in [-0.2, -0.15) is 0 Å². The molecule has 1 aromatic heterocycles. The molecule has 104 valence electrons. The molecule has 2 rings (SSSR count). The van der Waals surface area contributed by atoms with Crippen LogP contribution in [0.15, 0.2) is 48.7 Å². The quantitative estimate of drug-likeness (QED) is 0.838. The number of pyridine rings is 1.